The SMILES string of the molecule is Cc1c(C(=O)O)cnc2nc(N)nn12. The Morgan fingerprint density at radius 2 is 2.36 bits per heavy atom. The van der Waals surface area contributed by atoms with Gasteiger partial charge < -0.3 is 10.8 Å². The number of anilines is 1. The third kappa shape index (κ3) is 1.06. The Morgan fingerprint density at radius 3 is 3.00 bits per heavy atom. The maximum atomic E-state index is 10.7. The zero-order valence-electron chi connectivity index (χ0n) is 7.30. The van der Waals surface area contributed by atoms with Gasteiger partial charge in [0.05, 0.1) is 11.3 Å². The second-order valence-corrected chi connectivity index (χ2v) is 2.74. The fraction of sp³-hybridized carbons (Fsp3) is 0.143. The van der Waals surface area contributed by atoms with Crippen LogP contribution in [0.15, 0.2) is 6.20 Å². The Kier molecular flexibility index (Phi) is 1.60. The van der Waals surface area contributed by atoms with Crippen molar-refractivity contribution in [3.63, 3.8) is 0 Å². The molecule has 0 amide bonds. The molecule has 3 N–H and O–H groups in total. The molecule has 0 aliphatic heterocycles. The largest absolute Gasteiger partial charge is 0.478 e. The number of carboxylic acid groups (broad SMARTS) is 1. The lowest BCUT2D eigenvalue weighted by molar-refractivity contribution is 0.0695. The van der Waals surface area contributed by atoms with Gasteiger partial charge in [-0.2, -0.15) is 9.50 Å². The highest BCUT2D eigenvalue weighted by molar-refractivity contribution is 5.88. The Bertz CT molecular complexity index is 518. The van der Waals surface area contributed by atoms with E-state index in [1.807, 2.05) is 0 Å². The highest BCUT2D eigenvalue weighted by Gasteiger charge is 2.12. The maximum absolute atomic E-state index is 10.7. The van der Waals surface area contributed by atoms with E-state index in [1.165, 1.54) is 10.7 Å². The molecule has 14 heavy (non-hydrogen) atoms. The van der Waals surface area contributed by atoms with Crippen molar-refractivity contribution >= 4 is 17.7 Å². The molecule has 2 aromatic heterocycles. The number of aromatic carboxylic acids is 1. The molecule has 0 saturated heterocycles. The number of hydrogen-bond donors (Lipinski definition) is 2. The monoisotopic (exact) mass is 193 g/mol. The second-order valence-electron chi connectivity index (χ2n) is 2.74. The van der Waals surface area contributed by atoms with Crippen LogP contribution in [-0.2, 0) is 0 Å². The lowest BCUT2D eigenvalue weighted by Crippen LogP contribution is -2.07. The summed E-state index contributed by atoms with van der Waals surface area (Å²) in [6.45, 7) is 1.62. The Balaban J connectivity index is 2.80. The molecule has 72 valence electrons. The van der Waals surface area contributed by atoms with Gasteiger partial charge in [0.2, 0.25) is 5.95 Å². The summed E-state index contributed by atoms with van der Waals surface area (Å²) < 4.78 is 1.30. The van der Waals surface area contributed by atoms with E-state index in [2.05, 4.69) is 15.1 Å². The number of fused-ring (bicyclic) bond motifs is 1. The highest BCUT2D eigenvalue weighted by atomic mass is 16.4. The van der Waals surface area contributed by atoms with Gasteiger partial charge in [0.1, 0.15) is 0 Å². The molecule has 0 aliphatic rings. The Labute approximate surface area is 78.2 Å². The zero-order chi connectivity index (χ0) is 10.3. The molecule has 0 aromatic carbocycles. The molecule has 0 atom stereocenters. The molecule has 0 spiro atoms. The van der Waals surface area contributed by atoms with Crippen LogP contribution in [0.4, 0.5) is 5.95 Å². The van der Waals surface area contributed by atoms with Crippen LogP contribution in [0.5, 0.6) is 0 Å². The van der Waals surface area contributed by atoms with E-state index < -0.39 is 5.97 Å². The summed E-state index contributed by atoms with van der Waals surface area (Å²) in [5.74, 6) is -0.681. The molecule has 2 aromatic rings. The van der Waals surface area contributed by atoms with Gasteiger partial charge in [-0.05, 0) is 6.92 Å². The first kappa shape index (κ1) is 8.42. The topological polar surface area (TPSA) is 106 Å². The number of carbonyl (C=O) groups is 1. The number of aromatic nitrogens is 4. The van der Waals surface area contributed by atoms with E-state index in [-0.39, 0.29) is 11.5 Å². The van der Waals surface area contributed by atoms with Crippen molar-refractivity contribution in [3.8, 4) is 0 Å². The predicted octanol–water partition coefficient (Wildman–Crippen LogP) is -0.287. The molecule has 0 unspecified atom stereocenters. The van der Waals surface area contributed by atoms with Crippen molar-refractivity contribution in [1.29, 1.82) is 0 Å². The first-order valence-corrected chi connectivity index (χ1v) is 3.80. The van der Waals surface area contributed by atoms with Crippen LogP contribution in [-0.4, -0.2) is 30.7 Å². The zero-order valence-corrected chi connectivity index (χ0v) is 7.30. The number of carboxylic acids is 1. The molecule has 0 aliphatic carbocycles. The number of nitrogens with two attached hydrogens (primary N) is 1. The molecular weight excluding hydrogens is 186 g/mol. The van der Waals surface area contributed by atoms with Crippen molar-refractivity contribution in [2.45, 2.75) is 6.92 Å². The lowest BCUT2D eigenvalue weighted by atomic mass is 10.2. The normalized spacial score (nSPS) is 10.6. The van der Waals surface area contributed by atoms with Crippen molar-refractivity contribution in [3.05, 3.63) is 17.5 Å². The number of hydrogen-bond acceptors (Lipinski definition) is 5. The predicted molar refractivity (Wildman–Crippen MR) is 46.9 cm³/mol. The van der Waals surface area contributed by atoms with Crippen molar-refractivity contribution in [1.82, 2.24) is 19.6 Å². The van der Waals surface area contributed by atoms with Gasteiger partial charge >= 0.3 is 5.97 Å². The lowest BCUT2D eigenvalue weighted by Gasteiger charge is -2.00. The van der Waals surface area contributed by atoms with Gasteiger partial charge in [0.15, 0.2) is 0 Å². The minimum absolute atomic E-state index is 0.0724. The summed E-state index contributed by atoms with van der Waals surface area (Å²) in [6.07, 6.45) is 1.24. The summed E-state index contributed by atoms with van der Waals surface area (Å²) in [7, 11) is 0. The van der Waals surface area contributed by atoms with Crippen LogP contribution < -0.4 is 5.73 Å². The van der Waals surface area contributed by atoms with Gasteiger partial charge in [0, 0.05) is 6.20 Å². The fourth-order valence-electron chi connectivity index (χ4n) is 1.17. The van der Waals surface area contributed by atoms with Gasteiger partial charge in [-0.3, -0.25) is 0 Å². The first-order chi connectivity index (χ1) is 6.59. The maximum Gasteiger partial charge on any atom is 0.339 e. The van der Waals surface area contributed by atoms with Crippen molar-refractivity contribution in [2.75, 3.05) is 5.73 Å². The first-order valence-electron chi connectivity index (χ1n) is 3.80. The molecule has 7 heteroatoms. The summed E-state index contributed by atoms with van der Waals surface area (Å²) in [5.41, 5.74) is 5.89. The summed E-state index contributed by atoms with van der Waals surface area (Å²) in [6, 6.07) is 0. The van der Waals surface area contributed by atoms with Gasteiger partial charge in [0.25, 0.3) is 5.78 Å². The summed E-state index contributed by atoms with van der Waals surface area (Å²) in [4.78, 5) is 18.4. The number of nitrogen functional groups attached to an aromatic ring is 1. The summed E-state index contributed by atoms with van der Waals surface area (Å²) >= 11 is 0. The van der Waals surface area contributed by atoms with E-state index in [1.54, 1.807) is 6.92 Å². The average Bonchev–Trinajstić information content (AvgIpc) is 2.46. The second kappa shape index (κ2) is 2.66. The average molecular weight is 193 g/mol. The van der Waals surface area contributed by atoms with Crippen LogP contribution in [0.1, 0.15) is 16.1 Å². The summed E-state index contributed by atoms with van der Waals surface area (Å²) in [5, 5.41) is 12.6. The van der Waals surface area contributed by atoms with E-state index >= 15 is 0 Å². The molecule has 2 rings (SSSR count). The van der Waals surface area contributed by atoms with Crippen molar-refractivity contribution in [2.24, 2.45) is 0 Å². The van der Waals surface area contributed by atoms with Gasteiger partial charge in [-0.25, -0.2) is 9.78 Å². The van der Waals surface area contributed by atoms with E-state index in [0.29, 0.717) is 11.5 Å². The van der Waals surface area contributed by atoms with E-state index in [9.17, 15) is 4.79 Å². The van der Waals surface area contributed by atoms with Crippen LogP contribution in [0.2, 0.25) is 0 Å². The van der Waals surface area contributed by atoms with Crippen LogP contribution in [0.25, 0.3) is 5.78 Å². The Morgan fingerprint density at radius 1 is 1.64 bits per heavy atom. The Hall–Kier alpha value is -2.18. The standard InChI is InChI=1S/C7H7N5O2/c1-3-4(5(13)14)2-9-7-10-6(8)11-12(3)7/h2H,1H3,(H2,8,11)(H,13,14). The number of aryl methyl sites for hydroxylation is 1. The van der Waals surface area contributed by atoms with Crippen molar-refractivity contribution < 1.29 is 9.90 Å². The smallest absolute Gasteiger partial charge is 0.339 e. The van der Waals surface area contributed by atoms with E-state index in [4.69, 9.17) is 10.8 Å². The molecule has 0 saturated carbocycles. The fourth-order valence-corrected chi connectivity index (χ4v) is 1.17. The van der Waals surface area contributed by atoms with Gasteiger partial charge in [-0.1, -0.05) is 0 Å². The quantitative estimate of drug-likeness (QED) is 0.644. The third-order valence-electron chi connectivity index (χ3n) is 1.85. The molecule has 2 heterocycles. The van der Waals surface area contributed by atoms with Crippen LogP contribution >= 0.6 is 0 Å². The molecular formula is C7H7N5O2. The number of rotatable bonds is 1. The van der Waals surface area contributed by atoms with E-state index in [0.717, 1.165) is 0 Å². The molecule has 0 fully saturated rings. The minimum atomic E-state index is -1.05. The molecule has 0 bridgehead atoms. The number of nitrogens with zero attached hydrogens (tertiary/aromatic N) is 4. The molecule has 7 nitrogen and oxygen atoms in total. The van der Waals surface area contributed by atoms with Crippen LogP contribution in [0, 0.1) is 6.92 Å². The minimum Gasteiger partial charge on any atom is -0.478 e. The molecule has 0 radical (unpaired) electrons. The third-order valence-corrected chi connectivity index (χ3v) is 1.85. The van der Waals surface area contributed by atoms with Crippen LogP contribution in [0.3, 0.4) is 0 Å². The highest BCUT2D eigenvalue weighted by Crippen LogP contribution is 2.08. The van der Waals surface area contributed by atoms with Gasteiger partial charge in [-0.15, -0.1) is 5.10 Å².